The van der Waals surface area contributed by atoms with Crippen LogP contribution in [0.4, 0.5) is 26.3 Å². The topological polar surface area (TPSA) is 75.5 Å². The number of rotatable bonds is 3. The summed E-state index contributed by atoms with van der Waals surface area (Å²) in [4.78, 5) is 0. The highest BCUT2D eigenvalue weighted by atomic mass is 19.3. The van der Waals surface area contributed by atoms with Gasteiger partial charge in [-0.3, -0.25) is 0 Å². The summed E-state index contributed by atoms with van der Waals surface area (Å²) in [6, 6.07) is 3.47. The van der Waals surface area contributed by atoms with Gasteiger partial charge >= 0.3 is 11.8 Å². The first kappa shape index (κ1) is 17.4. The molecule has 1 aromatic heterocycles. The molecule has 0 aliphatic heterocycles. The molecule has 0 amide bonds. The average Bonchev–Trinajstić information content (AvgIpc) is 2.64. The van der Waals surface area contributed by atoms with E-state index in [0.717, 1.165) is 0 Å². The van der Waals surface area contributed by atoms with Crippen LogP contribution in [0.25, 0.3) is 0 Å². The molecule has 11 heteroatoms. The Kier molecular flexibility index (Phi) is 3.69. The SMILES string of the molecule is OC1(O)c2c(ccc(Oc3cccnn3)c2C(F)F)C(F)(F)C1(F)F. The number of aromatic nitrogens is 2. The van der Waals surface area contributed by atoms with Crippen molar-refractivity contribution in [2.45, 2.75) is 24.1 Å². The smallest absolute Gasteiger partial charge is 0.371 e. The second-order valence-corrected chi connectivity index (χ2v) is 5.19. The maximum absolute atomic E-state index is 13.8. The minimum Gasteiger partial charge on any atom is -0.437 e. The summed E-state index contributed by atoms with van der Waals surface area (Å²) in [5, 5.41) is 25.9. The van der Waals surface area contributed by atoms with Gasteiger partial charge in [-0.2, -0.15) is 22.7 Å². The molecule has 0 fully saturated rings. The first-order valence-electron chi connectivity index (χ1n) is 6.63. The zero-order chi connectivity index (χ0) is 18.6. The van der Waals surface area contributed by atoms with Crippen LogP contribution in [0, 0.1) is 0 Å². The van der Waals surface area contributed by atoms with Crippen molar-refractivity contribution in [2.24, 2.45) is 0 Å². The van der Waals surface area contributed by atoms with Crippen LogP contribution < -0.4 is 4.74 Å². The van der Waals surface area contributed by atoms with Crippen molar-refractivity contribution in [3.63, 3.8) is 0 Å². The zero-order valence-electron chi connectivity index (χ0n) is 11.9. The quantitative estimate of drug-likeness (QED) is 0.645. The third-order valence-corrected chi connectivity index (χ3v) is 3.71. The van der Waals surface area contributed by atoms with Crippen molar-refractivity contribution in [3.05, 3.63) is 47.2 Å². The Balaban J connectivity index is 2.25. The van der Waals surface area contributed by atoms with Crippen LogP contribution >= 0.6 is 0 Å². The number of ether oxygens (including phenoxy) is 1. The van der Waals surface area contributed by atoms with Gasteiger partial charge in [0.05, 0.1) is 5.56 Å². The Morgan fingerprint density at radius 2 is 1.72 bits per heavy atom. The molecule has 0 saturated carbocycles. The summed E-state index contributed by atoms with van der Waals surface area (Å²) in [6.07, 6.45) is -2.39. The molecule has 0 unspecified atom stereocenters. The fourth-order valence-electron chi connectivity index (χ4n) is 2.54. The van der Waals surface area contributed by atoms with E-state index in [4.69, 9.17) is 4.74 Å². The Morgan fingerprint density at radius 1 is 1.04 bits per heavy atom. The highest BCUT2D eigenvalue weighted by Gasteiger charge is 2.77. The fourth-order valence-corrected chi connectivity index (χ4v) is 2.54. The predicted molar refractivity (Wildman–Crippen MR) is 68.5 cm³/mol. The third kappa shape index (κ3) is 2.26. The lowest BCUT2D eigenvalue weighted by Crippen LogP contribution is -2.49. The molecule has 1 aromatic carbocycles. The molecule has 25 heavy (non-hydrogen) atoms. The van der Waals surface area contributed by atoms with Crippen molar-refractivity contribution in [2.75, 3.05) is 0 Å². The second kappa shape index (κ2) is 5.30. The summed E-state index contributed by atoms with van der Waals surface area (Å²) in [7, 11) is 0. The van der Waals surface area contributed by atoms with E-state index in [9.17, 15) is 36.6 Å². The average molecular weight is 366 g/mol. The van der Waals surface area contributed by atoms with Crippen molar-refractivity contribution in [1.29, 1.82) is 0 Å². The van der Waals surface area contributed by atoms with Crippen LogP contribution in [-0.4, -0.2) is 26.3 Å². The van der Waals surface area contributed by atoms with E-state index in [1.807, 2.05) is 0 Å². The van der Waals surface area contributed by atoms with Gasteiger partial charge in [0.25, 0.3) is 12.2 Å². The van der Waals surface area contributed by atoms with Gasteiger partial charge in [0.2, 0.25) is 5.88 Å². The lowest BCUT2D eigenvalue weighted by molar-refractivity contribution is -0.358. The number of nitrogens with zero attached hydrogens (tertiary/aromatic N) is 2. The zero-order valence-corrected chi connectivity index (χ0v) is 11.9. The third-order valence-electron chi connectivity index (χ3n) is 3.71. The number of alkyl halides is 6. The normalized spacial score (nSPS) is 19.7. The summed E-state index contributed by atoms with van der Waals surface area (Å²) < 4.78 is 86.9. The van der Waals surface area contributed by atoms with Crippen molar-refractivity contribution in [3.8, 4) is 11.6 Å². The van der Waals surface area contributed by atoms with E-state index in [-0.39, 0.29) is 5.88 Å². The number of benzene rings is 1. The molecule has 0 saturated heterocycles. The van der Waals surface area contributed by atoms with Crippen LogP contribution in [0.5, 0.6) is 11.6 Å². The molecule has 1 heterocycles. The second-order valence-electron chi connectivity index (χ2n) is 5.19. The molecule has 3 rings (SSSR count). The summed E-state index contributed by atoms with van der Waals surface area (Å²) in [5.74, 6) is -16.2. The molecule has 5 nitrogen and oxygen atoms in total. The molecule has 2 N–H and O–H groups in total. The number of hydrogen-bond acceptors (Lipinski definition) is 5. The van der Waals surface area contributed by atoms with Crippen LogP contribution in [0.1, 0.15) is 23.1 Å². The van der Waals surface area contributed by atoms with Crippen molar-refractivity contribution >= 4 is 0 Å². The van der Waals surface area contributed by atoms with Gasteiger partial charge in [-0.25, -0.2) is 8.78 Å². The standard InChI is InChI=1S/C14H8F6N2O3/c15-11(16)9-7(25-8-2-1-5-21-22-8)4-3-6-10(9)13(23,24)14(19,20)12(6,17)18/h1-5,11,23-24H. The van der Waals surface area contributed by atoms with Gasteiger partial charge in [0.1, 0.15) is 5.75 Å². The monoisotopic (exact) mass is 366 g/mol. The molecule has 1 aliphatic carbocycles. The Hall–Kier alpha value is -2.40. The highest BCUT2D eigenvalue weighted by Crippen LogP contribution is 2.61. The van der Waals surface area contributed by atoms with Crippen molar-refractivity contribution in [1.82, 2.24) is 10.2 Å². The minimum absolute atomic E-state index is 0.331. The van der Waals surface area contributed by atoms with Gasteiger partial charge in [0.15, 0.2) is 0 Å². The molecule has 0 bridgehead atoms. The van der Waals surface area contributed by atoms with E-state index < -0.39 is 46.5 Å². The molecular formula is C14H8F6N2O3. The lowest BCUT2D eigenvalue weighted by atomic mass is 9.98. The van der Waals surface area contributed by atoms with E-state index >= 15 is 0 Å². The van der Waals surface area contributed by atoms with Gasteiger partial charge in [-0.05, 0) is 18.2 Å². The minimum atomic E-state index is -5.42. The molecule has 0 atom stereocenters. The fraction of sp³-hybridized carbons (Fsp3) is 0.286. The number of fused-ring (bicyclic) bond motifs is 1. The Morgan fingerprint density at radius 3 is 2.28 bits per heavy atom. The molecule has 2 aromatic rings. The highest BCUT2D eigenvalue weighted by molar-refractivity contribution is 5.55. The van der Waals surface area contributed by atoms with Crippen LogP contribution in [0.3, 0.4) is 0 Å². The van der Waals surface area contributed by atoms with Gasteiger partial charge in [-0.1, -0.05) is 0 Å². The number of halogens is 6. The van der Waals surface area contributed by atoms with Crippen molar-refractivity contribution < 1.29 is 41.3 Å². The maximum Gasteiger partial charge on any atom is 0.371 e. The predicted octanol–water partition coefficient (Wildman–Crippen LogP) is 3.08. The molecule has 1 aliphatic rings. The van der Waals surface area contributed by atoms with Gasteiger partial charge < -0.3 is 14.9 Å². The first-order chi connectivity index (χ1) is 11.5. The molecular weight excluding hydrogens is 358 g/mol. The summed E-state index contributed by atoms with van der Waals surface area (Å²) in [6.45, 7) is 0. The number of aliphatic hydroxyl groups is 2. The van der Waals surface area contributed by atoms with Crippen LogP contribution in [-0.2, 0) is 11.7 Å². The molecule has 134 valence electrons. The van der Waals surface area contributed by atoms with Gasteiger partial charge in [0, 0.05) is 23.4 Å². The van der Waals surface area contributed by atoms with Crippen LogP contribution in [0.2, 0.25) is 0 Å². The first-order valence-corrected chi connectivity index (χ1v) is 6.63. The molecule has 0 radical (unpaired) electrons. The van der Waals surface area contributed by atoms with E-state index in [0.29, 0.717) is 12.1 Å². The van der Waals surface area contributed by atoms with Crippen LogP contribution in [0.15, 0.2) is 30.5 Å². The maximum atomic E-state index is 13.8. The van der Waals surface area contributed by atoms with Gasteiger partial charge in [-0.15, -0.1) is 5.10 Å². The summed E-state index contributed by atoms with van der Waals surface area (Å²) in [5.41, 5.74) is -4.81. The van der Waals surface area contributed by atoms with E-state index in [1.165, 1.54) is 18.3 Å². The Labute approximate surface area is 135 Å². The molecule has 0 spiro atoms. The van der Waals surface area contributed by atoms with E-state index in [1.54, 1.807) is 0 Å². The largest absolute Gasteiger partial charge is 0.437 e. The number of hydrogen-bond donors (Lipinski definition) is 2. The Bertz CT molecular complexity index is 814. The van der Waals surface area contributed by atoms with E-state index in [2.05, 4.69) is 10.2 Å². The summed E-state index contributed by atoms with van der Waals surface area (Å²) >= 11 is 0. The lowest BCUT2D eigenvalue weighted by Gasteiger charge is -2.27.